The Morgan fingerprint density at radius 3 is 3.00 bits per heavy atom. The van der Waals surface area contributed by atoms with E-state index in [2.05, 4.69) is 10.9 Å². The fraction of sp³-hybridized carbons (Fsp3) is 0.385. The normalized spacial score (nSPS) is 21.9. The van der Waals surface area contributed by atoms with Crippen molar-refractivity contribution in [2.75, 3.05) is 6.54 Å². The number of aromatic nitrogens is 1. The highest BCUT2D eigenvalue weighted by molar-refractivity contribution is 5.79. The van der Waals surface area contributed by atoms with E-state index in [0.717, 1.165) is 5.69 Å². The maximum absolute atomic E-state index is 11.8. The van der Waals surface area contributed by atoms with Gasteiger partial charge < -0.3 is 4.90 Å². The second kappa shape index (κ2) is 4.36. The van der Waals surface area contributed by atoms with Gasteiger partial charge in [-0.1, -0.05) is 6.07 Å². The molecule has 0 spiro atoms. The third-order valence-electron chi connectivity index (χ3n) is 2.98. The third kappa shape index (κ3) is 1.92. The van der Waals surface area contributed by atoms with Crippen LogP contribution in [0.15, 0.2) is 24.4 Å². The zero-order valence-corrected chi connectivity index (χ0v) is 9.26. The van der Waals surface area contributed by atoms with Crippen molar-refractivity contribution in [3.63, 3.8) is 0 Å². The van der Waals surface area contributed by atoms with Crippen LogP contribution in [0.4, 0.5) is 0 Å². The molecule has 3 heteroatoms. The number of amides is 1. The quantitative estimate of drug-likeness (QED) is 0.701. The molecule has 1 saturated heterocycles. The van der Waals surface area contributed by atoms with Crippen LogP contribution in [0, 0.1) is 18.3 Å². The fourth-order valence-corrected chi connectivity index (χ4v) is 2.00. The molecule has 1 aromatic heterocycles. The van der Waals surface area contributed by atoms with Crippen LogP contribution in [0.2, 0.25) is 0 Å². The second-order valence-corrected chi connectivity index (χ2v) is 4.04. The van der Waals surface area contributed by atoms with E-state index in [9.17, 15) is 4.79 Å². The van der Waals surface area contributed by atoms with Crippen LogP contribution in [-0.4, -0.2) is 22.3 Å². The Balaban J connectivity index is 2.15. The van der Waals surface area contributed by atoms with Crippen LogP contribution in [0.3, 0.4) is 0 Å². The summed E-state index contributed by atoms with van der Waals surface area (Å²) in [5.41, 5.74) is 0.911. The van der Waals surface area contributed by atoms with Crippen LogP contribution >= 0.6 is 0 Å². The predicted molar refractivity (Wildman–Crippen MR) is 61.3 cm³/mol. The van der Waals surface area contributed by atoms with Crippen molar-refractivity contribution in [1.82, 2.24) is 9.88 Å². The summed E-state index contributed by atoms with van der Waals surface area (Å²) in [6, 6.07) is 5.73. The zero-order chi connectivity index (χ0) is 11.5. The Labute approximate surface area is 95.5 Å². The van der Waals surface area contributed by atoms with E-state index in [0.29, 0.717) is 13.0 Å². The lowest BCUT2D eigenvalue weighted by atomic mass is 10.1. The molecule has 0 N–H and O–H groups in total. The maximum Gasteiger partial charge on any atom is 0.224 e. The van der Waals surface area contributed by atoms with Crippen molar-refractivity contribution < 1.29 is 4.79 Å². The van der Waals surface area contributed by atoms with Crippen LogP contribution in [0.1, 0.15) is 25.1 Å². The lowest BCUT2D eigenvalue weighted by molar-refractivity contribution is -0.129. The number of rotatable bonds is 2. The predicted octanol–water partition coefficient (Wildman–Crippen LogP) is 1.62. The van der Waals surface area contributed by atoms with Gasteiger partial charge in [-0.3, -0.25) is 9.78 Å². The number of nitrogens with zero attached hydrogens (tertiary/aromatic N) is 2. The van der Waals surface area contributed by atoms with Crippen molar-refractivity contribution in [2.45, 2.75) is 19.4 Å². The van der Waals surface area contributed by atoms with Gasteiger partial charge in [-0.2, -0.15) is 0 Å². The number of hydrogen-bond donors (Lipinski definition) is 0. The first kappa shape index (κ1) is 10.7. The molecule has 82 valence electrons. The van der Waals surface area contributed by atoms with Gasteiger partial charge >= 0.3 is 0 Å². The van der Waals surface area contributed by atoms with Crippen molar-refractivity contribution >= 4 is 5.91 Å². The average Bonchev–Trinajstić information content (AvgIpc) is 2.71. The summed E-state index contributed by atoms with van der Waals surface area (Å²) < 4.78 is 0. The van der Waals surface area contributed by atoms with Gasteiger partial charge in [-0.25, -0.2) is 0 Å². The van der Waals surface area contributed by atoms with Crippen LogP contribution in [0.5, 0.6) is 0 Å². The zero-order valence-electron chi connectivity index (χ0n) is 9.26. The number of carbonyl (C=O) groups excluding carboxylic acids is 1. The Kier molecular flexibility index (Phi) is 2.91. The summed E-state index contributed by atoms with van der Waals surface area (Å²) >= 11 is 0. The monoisotopic (exact) mass is 214 g/mol. The molecule has 0 saturated carbocycles. The van der Waals surface area contributed by atoms with Gasteiger partial charge in [0.1, 0.15) is 0 Å². The molecule has 0 radical (unpaired) electrons. The number of pyridine rings is 1. The molecule has 2 heterocycles. The Morgan fingerprint density at radius 1 is 1.62 bits per heavy atom. The van der Waals surface area contributed by atoms with E-state index in [-0.39, 0.29) is 17.9 Å². The third-order valence-corrected chi connectivity index (χ3v) is 2.98. The maximum atomic E-state index is 11.8. The molecule has 0 bridgehead atoms. The average molecular weight is 214 g/mol. The topological polar surface area (TPSA) is 33.2 Å². The standard InChI is InChI=1S/C13H14N2O/c1-3-11-8-13(16)15(9-11)10(2)12-6-4-5-7-14-12/h1,4-7,10-11H,8-9H2,2H3/t10-,11?/m0/s1. The van der Waals surface area contributed by atoms with Gasteiger partial charge in [-0.15, -0.1) is 12.3 Å². The Hall–Kier alpha value is -1.82. The van der Waals surface area contributed by atoms with E-state index in [1.807, 2.05) is 30.0 Å². The first-order valence-electron chi connectivity index (χ1n) is 5.39. The van der Waals surface area contributed by atoms with E-state index >= 15 is 0 Å². The molecule has 1 fully saturated rings. The molecule has 1 aliphatic rings. The lowest BCUT2D eigenvalue weighted by Gasteiger charge is -2.23. The molecule has 2 rings (SSSR count). The number of likely N-dealkylation sites (tertiary alicyclic amines) is 1. The number of terminal acetylenes is 1. The van der Waals surface area contributed by atoms with E-state index < -0.39 is 0 Å². The Bertz CT molecular complexity index is 421. The molecule has 1 amide bonds. The number of hydrogen-bond acceptors (Lipinski definition) is 2. The summed E-state index contributed by atoms with van der Waals surface area (Å²) in [6.45, 7) is 2.63. The first-order valence-corrected chi connectivity index (χ1v) is 5.39. The molecule has 16 heavy (non-hydrogen) atoms. The highest BCUT2D eigenvalue weighted by Gasteiger charge is 2.32. The van der Waals surface area contributed by atoms with Crippen molar-refractivity contribution in [3.05, 3.63) is 30.1 Å². The highest BCUT2D eigenvalue weighted by Crippen LogP contribution is 2.26. The van der Waals surface area contributed by atoms with Gasteiger partial charge in [0, 0.05) is 25.1 Å². The molecule has 0 aromatic carbocycles. The SMILES string of the molecule is C#CC1CC(=O)N([C@@H](C)c2ccccn2)C1. The molecule has 3 nitrogen and oxygen atoms in total. The summed E-state index contributed by atoms with van der Waals surface area (Å²) in [7, 11) is 0. The van der Waals surface area contributed by atoms with Gasteiger partial charge in [0.15, 0.2) is 0 Å². The molecule has 1 aromatic rings. The van der Waals surface area contributed by atoms with Gasteiger partial charge in [0.2, 0.25) is 5.91 Å². The van der Waals surface area contributed by atoms with Crippen LogP contribution in [-0.2, 0) is 4.79 Å². The summed E-state index contributed by atoms with van der Waals surface area (Å²) in [5.74, 6) is 2.83. The van der Waals surface area contributed by atoms with Crippen molar-refractivity contribution in [3.8, 4) is 12.3 Å². The highest BCUT2D eigenvalue weighted by atomic mass is 16.2. The van der Waals surface area contributed by atoms with E-state index in [1.165, 1.54) is 0 Å². The van der Waals surface area contributed by atoms with Crippen molar-refractivity contribution in [1.29, 1.82) is 0 Å². The molecular weight excluding hydrogens is 200 g/mol. The Morgan fingerprint density at radius 2 is 2.44 bits per heavy atom. The van der Waals surface area contributed by atoms with Crippen molar-refractivity contribution in [2.24, 2.45) is 5.92 Å². The smallest absolute Gasteiger partial charge is 0.224 e. The largest absolute Gasteiger partial charge is 0.333 e. The minimum Gasteiger partial charge on any atom is -0.333 e. The molecule has 2 atom stereocenters. The summed E-state index contributed by atoms with van der Waals surface area (Å²) in [5, 5.41) is 0. The lowest BCUT2D eigenvalue weighted by Crippen LogP contribution is -2.28. The fourth-order valence-electron chi connectivity index (χ4n) is 2.00. The van der Waals surface area contributed by atoms with Gasteiger partial charge in [0.05, 0.1) is 11.7 Å². The number of carbonyl (C=O) groups is 1. The van der Waals surface area contributed by atoms with Gasteiger partial charge in [0.25, 0.3) is 0 Å². The van der Waals surface area contributed by atoms with E-state index in [4.69, 9.17) is 6.42 Å². The minimum absolute atomic E-state index is 0.00653. The van der Waals surface area contributed by atoms with E-state index in [1.54, 1.807) is 6.20 Å². The summed E-state index contributed by atoms with van der Waals surface area (Å²) in [4.78, 5) is 17.8. The molecule has 0 aliphatic carbocycles. The molecular formula is C13H14N2O. The minimum atomic E-state index is 0.00653. The summed E-state index contributed by atoms with van der Waals surface area (Å²) in [6.07, 6.45) is 7.56. The van der Waals surface area contributed by atoms with Crippen LogP contribution < -0.4 is 0 Å². The molecule has 1 unspecified atom stereocenters. The van der Waals surface area contributed by atoms with Gasteiger partial charge in [-0.05, 0) is 19.1 Å². The first-order chi connectivity index (χ1) is 7.72. The molecule has 1 aliphatic heterocycles. The van der Waals surface area contributed by atoms with Crippen LogP contribution in [0.25, 0.3) is 0 Å². The second-order valence-electron chi connectivity index (χ2n) is 4.04.